The zero-order chi connectivity index (χ0) is 38.5. The molecule has 0 bridgehead atoms. The molecule has 4 aliphatic rings. The number of hydrogen-bond donors (Lipinski definition) is 0. The zero-order valence-corrected chi connectivity index (χ0v) is 34.4. The molecule has 274 valence electrons. The first-order chi connectivity index (χ1) is 29.3. The number of fused-ring (bicyclic) bond motifs is 21. The topological polar surface area (TPSA) is 3.24 Å². The third kappa shape index (κ3) is 3.93. The largest absolute Gasteiger partial charge is 0.310 e. The summed E-state index contributed by atoms with van der Waals surface area (Å²) in [6.07, 6.45) is 0. The Morgan fingerprint density at radius 1 is 0.373 bits per heavy atom. The fourth-order valence-corrected chi connectivity index (χ4v) is 19.5. The summed E-state index contributed by atoms with van der Waals surface area (Å²) in [7, 11) is -2.66. The quantitative estimate of drug-likeness (QED) is 0.152. The molecule has 0 fully saturated rings. The van der Waals surface area contributed by atoms with Crippen LogP contribution < -0.4 is 25.6 Å². The van der Waals surface area contributed by atoms with E-state index in [4.69, 9.17) is 0 Å². The summed E-state index contributed by atoms with van der Waals surface area (Å²) in [5.74, 6) is 0. The van der Waals surface area contributed by atoms with Gasteiger partial charge in [0.15, 0.2) is 8.07 Å². The van der Waals surface area contributed by atoms with Gasteiger partial charge in [0.25, 0.3) is 0 Å². The highest BCUT2D eigenvalue weighted by Crippen LogP contribution is 2.63. The monoisotopic (exact) mass is 799 g/mol. The molecular formula is C55H33NS2Si. The molecule has 5 heterocycles. The van der Waals surface area contributed by atoms with Crippen LogP contribution in [-0.2, 0) is 5.41 Å². The predicted octanol–water partition coefficient (Wildman–Crippen LogP) is 12.0. The van der Waals surface area contributed by atoms with E-state index in [9.17, 15) is 0 Å². The van der Waals surface area contributed by atoms with E-state index in [1.54, 1.807) is 0 Å². The van der Waals surface area contributed by atoms with Crippen LogP contribution in [0.15, 0.2) is 210 Å². The van der Waals surface area contributed by atoms with Gasteiger partial charge in [-0.05, 0) is 114 Å². The smallest absolute Gasteiger partial charge is 0.182 e. The Labute approximate surface area is 351 Å². The summed E-state index contributed by atoms with van der Waals surface area (Å²) in [6, 6.07) is 76.9. The lowest BCUT2D eigenvalue weighted by atomic mass is 9.62. The van der Waals surface area contributed by atoms with Crippen molar-refractivity contribution in [1.29, 1.82) is 0 Å². The van der Waals surface area contributed by atoms with Crippen LogP contribution >= 0.6 is 23.1 Å². The predicted molar refractivity (Wildman–Crippen MR) is 252 cm³/mol. The van der Waals surface area contributed by atoms with Crippen molar-refractivity contribution < 1.29 is 0 Å². The number of benzene rings is 9. The van der Waals surface area contributed by atoms with E-state index in [2.05, 4.69) is 205 Å². The van der Waals surface area contributed by atoms with Crippen molar-refractivity contribution in [1.82, 2.24) is 0 Å². The average molecular weight is 800 g/mol. The molecule has 4 heteroatoms. The Balaban J connectivity index is 1.12. The fraction of sp³-hybridized carbons (Fsp3) is 0.0182. The summed E-state index contributed by atoms with van der Waals surface area (Å²) in [5, 5.41) is 8.62. The fourth-order valence-electron chi connectivity index (χ4n) is 11.6. The maximum Gasteiger partial charge on any atom is 0.182 e. The number of rotatable bonds is 1. The molecule has 0 atom stereocenters. The van der Waals surface area contributed by atoms with E-state index in [1.807, 2.05) is 23.1 Å². The molecule has 59 heavy (non-hydrogen) atoms. The number of hydrogen-bond acceptors (Lipinski definition) is 3. The average Bonchev–Trinajstić information content (AvgIpc) is 3.92. The number of thiophene rings is 1. The summed E-state index contributed by atoms with van der Waals surface area (Å²) in [5.41, 5.74) is 14.1. The molecule has 0 N–H and O–H groups in total. The molecule has 10 aromatic rings. The molecular weight excluding hydrogens is 767 g/mol. The molecule has 9 aromatic carbocycles. The van der Waals surface area contributed by atoms with Crippen molar-refractivity contribution in [3.8, 4) is 22.3 Å². The molecule has 0 amide bonds. The van der Waals surface area contributed by atoms with Gasteiger partial charge in [0.05, 0.1) is 16.8 Å². The van der Waals surface area contributed by atoms with Gasteiger partial charge >= 0.3 is 0 Å². The standard InChI is InChI=1S/C55H33NS2Si/c1-9-23-47-35(15-1)40-32-46-44(33-50(40)57-47)55(42-20-6-10-24-48(42)58-49-25-11-7-21-43(49)55)41-19-5-8-22-45(41)56(46)34-29-30-39-38-18-4-14-28-53(38)59(54(39)31-34)51-26-12-2-16-36(51)37-17-3-13-27-52(37)59/h1-33H. The van der Waals surface area contributed by atoms with E-state index in [-0.39, 0.29) is 0 Å². The summed E-state index contributed by atoms with van der Waals surface area (Å²) in [4.78, 5) is 5.25. The second-order valence-electron chi connectivity index (χ2n) is 16.3. The van der Waals surface area contributed by atoms with Gasteiger partial charge in [0.1, 0.15) is 0 Å². The summed E-state index contributed by atoms with van der Waals surface area (Å²) >= 11 is 3.82. The van der Waals surface area contributed by atoms with E-state index >= 15 is 0 Å². The van der Waals surface area contributed by atoms with Crippen molar-refractivity contribution >= 4 is 89.2 Å². The molecule has 0 radical (unpaired) electrons. The van der Waals surface area contributed by atoms with Crippen molar-refractivity contribution in [2.45, 2.75) is 15.2 Å². The first kappa shape index (κ1) is 32.5. The van der Waals surface area contributed by atoms with Crippen LogP contribution in [0.4, 0.5) is 17.1 Å². The minimum Gasteiger partial charge on any atom is -0.310 e. The molecule has 1 nitrogen and oxygen atoms in total. The highest BCUT2D eigenvalue weighted by Gasteiger charge is 2.55. The Morgan fingerprint density at radius 2 is 0.915 bits per heavy atom. The van der Waals surface area contributed by atoms with Gasteiger partial charge in [0, 0.05) is 35.7 Å². The van der Waals surface area contributed by atoms with Gasteiger partial charge in [-0.25, -0.2) is 0 Å². The third-order valence-corrected chi connectivity index (χ3v) is 21.0. The highest BCUT2D eigenvalue weighted by atomic mass is 32.2. The molecule has 14 rings (SSSR count). The maximum absolute atomic E-state index is 2.66. The van der Waals surface area contributed by atoms with Crippen molar-refractivity contribution in [3.05, 3.63) is 222 Å². The highest BCUT2D eigenvalue weighted by molar-refractivity contribution is 7.99. The molecule has 0 aliphatic carbocycles. The Kier molecular flexibility index (Phi) is 6.40. The molecule has 1 aromatic heterocycles. The lowest BCUT2D eigenvalue weighted by molar-refractivity contribution is 0.693. The minimum absolute atomic E-state index is 0.516. The van der Waals surface area contributed by atoms with Gasteiger partial charge in [-0.3, -0.25) is 0 Å². The first-order valence-electron chi connectivity index (χ1n) is 20.4. The molecule has 4 aliphatic heterocycles. The lowest BCUT2D eigenvalue weighted by Crippen LogP contribution is -2.70. The van der Waals surface area contributed by atoms with E-state index < -0.39 is 13.5 Å². The van der Waals surface area contributed by atoms with Crippen LogP contribution in [0.1, 0.15) is 22.3 Å². The summed E-state index contributed by atoms with van der Waals surface area (Å²) in [6.45, 7) is 0. The van der Waals surface area contributed by atoms with Gasteiger partial charge in [-0.1, -0.05) is 163 Å². The Bertz CT molecular complexity index is 3360. The number of nitrogens with zero attached hydrogens (tertiary/aromatic N) is 1. The second-order valence-corrected chi connectivity index (χ2v) is 22.1. The van der Waals surface area contributed by atoms with Gasteiger partial charge < -0.3 is 4.90 Å². The Morgan fingerprint density at radius 3 is 1.59 bits per heavy atom. The van der Waals surface area contributed by atoms with E-state index in [0.717, 1.165) is 0 Å². The lowest BCUT2D eigenvalue weighted by Gasteiger charge is -2.49. The van der Waals surface area contributed by atoms with Crippen LogP contribution in [0.3, 0.4) is 0 Å². The molecule has 0 unspecified atom stereocenters. The van der Waals surface area contributed by atoms with Gasteiger partial charge in [0.2, 0.25) is 0 Å². The van der Waals surface area contributed by atoms with Crippen LogP contribution in [0, 0.1) is 0 Å². The molecule has 0 saturated carbocycles. The molecule has 2 spiro atoms. The van der Waals surface area contributed by atoms with Crippen LogP contribution in [0.2, 0.25) is 0 Å². The van der Waals surface area contributed by atoms with Crippen LogP contribution in [0.25, 0.3) is 42.4 Å². The van der Waals surface area contributed by atoms with Gasteiger partial charge in [-0.2, -0.15) is 0 Å². The first-order valence-corrected chi connectivity index (χ1v) is 24.1. The van der Waals surface area contributed by atoms with Crippen LogP contribution in [-0.4, -0.2) is 8.07 Å². The second kappa shape index (κ2) is 11.6. The summed E-state index contributed by atoms with van der Waals surface area (Å²) < 4.78 is 2.65. The zero-order valence-electron chi connectivity index (χ0n) is 31.8. The Hall–Kier alpha value is -6.43. The SMILES string of the molecule is c1ccc2c(c1)Sc1ccccc1C21c2ccccc2N(c2ccc3c(c2)[Si]2(c4ccccc4-c4ccccc42)c2ccccc2-3)c2cc3c(cc21)sc1ccccc13. The van der Waals surface area contributed by atoms with Crippen molar-refractivity contribution in [2.75, 3.05) is 4.90 Å². The van der Waals surface area contributed by atoms with Gasteiger partial charge in [-0.15, -0.1) is 11.3 Å². The van der Waals surface area contributed by atoms with Crippen molar-refractivity contribution in [3.63, 3.8) is 0 Å². The van der Waals surface area contributed by atoms with Crippen molar-refractivity contribution in [2.24, 2.45) is 0 Å². The maximum atomic E-state index is 2.62. The van der Waals surface area contributed by atoms with E-state index in [0.29, 0.717) is 0 Å². The normalized spacial score (nSPS) is 15.3. The van der Waals surface area contributed by atoms with Crippen LogP contribution in [0.5, 0.6) is 0 Å². The number of para-hydroxylation sites is 1. The van der Waals surface area contributed by atoms with E-state index in [1.165, 1.54) is 112 Å². The third-order valence-electron chi connectivity index (χ3n) is 13.7. The minimum atomic E-state index is -2.66. The number of anilines is 3. The molecule has 0 saturated heterocycles.